The Labute approximate surface area is 152 Å². The number of nitrogens with zero attached hydrogens (tertiary/aromatic N) is 1. The lowest BCUT2D eigenvalue weighted by Crippen LogP contribution is -2.44. The van der Waals surface area contributed by atoms with E-state index in [0.717, 1.165) is 12.1 Å². The first-order valence-electron chi connectivity index (χ1n) is 7.64. The van der Waals surface area contributed by atoms with Gasteiger partial charge in [0.15, 0.2) is 6.61 Å². The number of nitriles is 1. The molecule has 2 rings (SSSR count). The van der Waals surface area contributed by atoms with Crippen molar-refractivity contribution in [2.45, 2.75) is 12.6 Å². The molecular weight excluding hydrogens is 363 g/mol. The summed E-state index contributed by atoms with van der Waals surface area (Å²) < 4.78 is 42.6. The van der Waals surface area contributed by atoms with E-state index in [2.05, 4.69) is 10.9 Å². The maximum absolute atomic E-state index is 12.5. The highest BCUT2D eigenvalue weighted by atomic mass is 19.4. The number of hydrazine groups is 1. The number of amides is 2. The Bertz CT molecular complexity index is 841. The summed E-state index contributed by atoms with van der Waals surface area (Å²) in [5.74, 6) is -0.846. The van der Waals surface area contributed by atoms with Gasteiger partial charge in [-0.15, -0.1) is 0 Å². The molecule has 0 spiro atoms. The van der Waals surface area contributed by atoms with E-state index in [1.807, 2.05) is 6.07 Å². The van der Waals surface area contributed by atoms with Crippen LogP contribution in [0.2, 0.25) is 0 Å². The Kier molecular flexibility index (Phi) is 6.38. The van der Waals surface area contributed by atoms with Crippen LogP contribution in [-0.4, -0.2) is 18.4 Å². The first-order chi connectivity index (χ1) is 12.8. The van der Waals surface area contributed by atoms with Crippen LogP contribution in [0, 0.1) is 11.3 Å². The summed E-state index contributed by atoms with van der Waals surface area (Å²) in [6.45, 7) is -0.369. The van der Waals surface area contributed by atoms with Gasteiger partial charge >= 0.3 is 6.18 Å². The number of hydrogen-bond acceptors (Lipinski definition) is 4. The third kappa shape index (κ3) is 6.36. The van der Waals surface area contributed by atoms with Gasteiger partial charge in [-0.2, -0.15) is 18.4 Å². The highest BCUT2D eigenvalue weighted by Gasteiger charge is 2.29. The molecule has 0 aromatic heterocycles. The van der Waals surface area contributed by atoms with Crippen molar-refractivity contribution >= 4 is 11.8 Å². The number of benzene rings is 2. The van der Waals surface area contributed by atoms with Gasteiger partial charge in [0.25, 0.3) is 5.91 Å². The van der Waals surface area contributed by atoms with E-state index in [0.29, 0.717) is 16.9 Å². The Morgan fingerprint density at radius 1 is 0.963 bits per heavy atom. The SMILES string of the molecule is N#Cc1ccc(OCC(=O)NNC(=O)Cc2ccc(C(F)(F)F)cc2)cc1. The second-order valence-corrected chi connectivity index (χ2v) is 5.39. The number of carbonyl (C=O) groups excluding carboxylic acids is 2. The van der Waals surface area contributed by atoms with Gasteiger partial charge in [-0.25, -0.2) is 0 Å². The van der Waals surface area contributed by atoms with Crippen LogP contribution in [0.5, 0.6) is 5.75 Å². The third-order valence-electron chi connectivity index (χ3n) is 3.34. The molecule has 0 radical (unpaired) electrons. The lowest BCUT2D eigenvalue weighted by molar-refractivity contribution is -0.137. The van der Waals surface area contributed by atoms with Gasteiger partial charge in [-0.05, 0) is 42.0 Å². The fourth-order valence-corrected chi connectivity index (χ4v) is 1.99. The Hall–Kier alpha value is -3.54. The van der Waals surface area contributed by atoms with Crippen LogP contribution in [0.3, 0.4) is 0 Å². The van der Waals surface area contributed by atoms with E-state index in [1.54, 1.807) is 0 Å². The summed E-state index contributed by atoms with van der Waals surface area (Å²) in [5, 5.41) is 8.68. The largest absolute Gasteiger partial charge is 0.484 e. The average Bonchev–Trinajstić information content (AvgIpc) is 2.65. The second kappa shape index (κ2) is 8.71. The lowest BCUT2D eigenvalue weighted by atomic mass is 10.1. The first-order valence-corrected chi connectivity index (χ1v) is 7.64. The van der Waals surface area contributed by atoms with E-state index in [9.17, 15) is 22.8 Å². The molecule has 0 heterocycles. The zero-order valence-electron chi connectivity index (χ0n) is 13.8. The Morgan fingerprint density at radius 2 is 1.56 bits per heavy atom. The van der Waals surface area contributed by atoms with Gasteiger partial charge in [-0.3, -0.25) is 20.4 Å². The summed E-state index contributed by atoms with van der Waals surface area (Å²) >= 11 is 0. The van der Waals surface area contributed by atoms with Crippen molar-refractivity contribution in [1.82, 2.24) is 10.9 Å². The smallest absolute Gasteiger partial charge is 0.416 e. The molecule has 0 atom stereocenters. The number of carbonyl (C=O) groups is 2. The van der Waals surface area contributed by atoms with Gasteiger partial charge in [0.1, 0.15) is 5.75 Å². The topological polar surface area (TPSA) is 91.2 Å². The summed E-state index contributed by atoms with van der Waals surface area (Å²) in [7, 11) is 0. The molecule has 0 saturated heterocycles. The maximum Gasteiger partial charge on any atom is 0.416 e. The number of halogens is 3. The fraction of sp³-hybridized carbons (Fsp3) is 0.167. The number of nitrogens with one attached hydrogen (secondary N) is 2. The second-order valence-electron chi connectivity index (χ2n) is 5.39. The van der Waals surface area contributed by atoms with Gasteiger partial charge < -0.3 is 4.74 Å². The molecule has 27 heavy (non-hydrogen) atoms. The molecule has 0 fully saturated rings. The Balaban J connectivity index is 1.74. The predicted molar refractivity (Wildman–Crippen MR) is 88.1 cm³/mol. The molecule has 2 N–H and O–H groups in total. The molecule has 0 aliphatic heterocycles. The van der Waals surface area contributed by atoms with Crippen LogP contribution in [0.4, 0.5) is 13.2 Å². The Morgan fingerprint density at radius 3 is 2.11 bits per heavy atom. The normalized spacial score (nSPS) is 10.6. The average molecular weight is 377 g/mol. The number of rotatable bonds is 5. The molecule has 0 bridgehead atoms. The quantitative estimate of drug-likeness (QED) is 0.783. The van der Waals surface area contributed by atoms with Crippen LogP contribution < -0.4 is 15.6 Å². The number of ether oxygens (including phenoxy) is 1. The van der Waals surface area contributed by atoms with Crippen LogP contribution in [0.15, 0.2) is 48.5 Å². The minimum atomic E-state index is -4.44. The summed E-state index contributed by atoms with van der Waals surface area (Å²) in [6.07, 6.45) is -4.64. The number of hydrogen-bond donors (Lipinski definition) is 2. The van der Waals surface area contributed by atoms with Crippen molar-refractivity contribution in [1.29, 1.82) is 5.26 Å². The van der Waals surface area contributed by atoms with Crippen LogP contribution >= 0.6 is 0 Å². The van der Waals surface area contributed by atoms with Gasteiger partial charge in [-0.1, -0.05) is 12.1 Å². The molecule has 0 aliphatic carbocycles. The third-order valence-corrected chi connectivity index (χ3v) is 3.34. The molecule has 2 aromatic carbocycles. The zero-order valence-corrected chi connectivity index (χ0v) is 13.8. The molecule has 0 aliphatic rings. The van der Waals surface area contributed by atoms with Crippen molar-refractivity contribution in [3.8, 4) is 11.8 Å². The van der Waals surface area contributed by atoms with Crippen molar-refractivity contribution in [3.63, 3.8) is 0 Å². The summed E-state index contributed by atoms with van der Waals surface area (Å²) in [4.78, 5) is 23.3. The molecule has 0 unspecified atom stereocenters. The highest BCUT2D eigenvalue weighted by Crippen LogP contribution is 2.29. The van der Waals surface area contributed by atoms with E-state index in [4.69, 9.17) is 10.00 Å². The van der Waals surface area contributed by atoms with Crippen molar-refractivity contribution < 1.29 is 27.5 Å². The minimum Gasteiger partial charge on any atom is -0.484 e. The van der Waals surface area contributed by atoms with Crippen molar-refractivity contribution in [2.75, 3.05) is 6.61 Å². The molecule has 2 aromatic rings. The monoisotopic (exact) mass is 377 g/mol. The standard InChI is InChI=1S/C18H14F3N3O3/c19-18(20,21)14-5-1-12(2-6-14)9-16(25)23-24-17(26)11-27-15-7-3-13(10-22)4-8-15/h1-8H,9,11H2,(H,23,25)(H,24,26). The maximum atomic E-state index is 12.5. The summed E-state index contributed by atoms with van der Waals surface area (Å²) in [6, 6.07) is 12.2. The number of alkyl halides is 3. The van der Waals surface area contributed by atoms with E-state index in [-0.39, 0.29) is 13.0 Å². The van der Waals surface area contributed by atoms with Crippen LogP contribution in [0.25, 0.3) is 0 Å². The minimum absolute atomic E-state index is 0.200. The molecule has 140 valence electrons. The van der Waals surface area contributed by atoms with E-state index >= 15 is 0 Å². The molecule has 6 nitrogen and oxygen atoms in total. The van der Waals surface area contributed by atoms with Crippen molar-refractivity contribution in [2.24, 2.45) is 0 Å². The first kappa shape index (κ1) is 19.8. The molecule has 0 saturated carbocycles. The highest BCUT2D eigenvalue weighted by molar-refractivity contribution is 5.83. The fourth-order valence-electron chi connectivity index (χ4n) is 1.99. The van der Waals surface area contributed by atoms with Crippen LogP contribution in [0.1, 0.15) is 16.7 Å². The van der Waals surface area contributed by atoms with E-state index < -0.39 is 23.6 Å². The molecular formula is C18H14F3N3O3. The van der Waals surface area contributed by atoms with Gasteiger partial charge in [0.2, 0.25) is 5.91 Å². The molecule has 2 amide bonds. The van der Waals surface area contributed by atoms with Crippen LogP contribution in [-0.2, 0) is 22.2 Å². The van der Waals surface area contributed by atoms with Crippen molar-refractivity contribution in [3.05, 3.63) is 65.2 Å². The van der Waals surface area contributed by atoms with Gasteiger partial charge in [0.05, 0.1) is 23.6 Å². The zero-order chi connectivity index (χ0) is 19.9. The van der Waals surface area contributed by atoms with E-state index in [1.165, 1.54) is 36.4 Å². The van der Waals surface area contributed by atoms with Gasteiger partial charge in [0, 0.05) is 0 Å². The summed E-state index contributed by atoms with van der Waals surface area (Å²) in [5.41, 5.74) is 4.29. The predicted octanol–water partition coefficient (Wildman–Crippen LogP) is 2.35. The lowest BCUT2D eigenvalue weighted by Gasteiger charge is -2.10. The molecule has 9 heteroatoms.